The maximum atomic E-state index is 13.9. The number of H-pyrrole nitrogens is 1. The summed E-state index contributed by atoms with van der Waals surface area (Å²) in [6.07, 6.45) is 5.73. The highest BCUT2D eigenvalue weighted by Gasteiger charge is 2.48. The van der Waals surface area contributed by atoms with Crippen LogP contribution >= 0.6 is 0 Å². The number of amides is 1. The standard InChI is InChI=1S/C19H26FN7O/c1-4-15(28)27-8-5-14-16(23-12-22-14)19(27)6-9-26(10-7-19)18-21-11-13(20)17(24-18)25(2)3/h11-12H,4-10H2,1-3H3,(H,22,23). The summed E-state index contributed by atoms with van der Waals surface area (Å²) in [6.45, 7) is 3.97. The van der Waals surface area contributed by atoms with Crippen LogP contribution in [0, 0.1) is 5.82 Å². The van der Waals surface area contributed by atoms with E-state index in [0.717, 1.165) is 30.7 Å². The van der Waals surface area contributed by atoms with Gasteiger partial charge in [-0.15, -0.1) is 0 Å². The number of nitrogens with zero attached hydrogens (tertiary/aromatic N) is 6. The molecule has 1 spiro atoms. The third-order valence-electron chi connectivity index (χ3n) is 5.87. The molecule has 4 rings (SSSR count). The lowest BCUT2D eigenvalue weighted by molar-refractivity contribution is -0.140. The van der Waals surface area contributed by atoms with Gasteiger partial charge in [0.1, 0.15) is 0 Å². The Morgan fingerprint density at radius 2 is 2.04 bits per heavy atom. The summed E-state index contributed by atoms with van der Waals surface area (Å²) in [7, 11) is 3.52. The van der Waals surface area contributed by atoms with Crippen molar-refractivity contribution in [1.29, 1.82) is 0 Å². The number of hydrogen-bond donors (Lipinski definition) is 1. The van der Waals surface area contributed by atoms with Gasteiger partial charge in [-0.2, -0.15) is 4.98 Å². The van der Waals surface area contributed by atoms with E-state index in [1.165, 1.54) is 6.20 Å². The number of piperidine rings is 1. The maximum Gasteiger partial charge on any atom is 0.227 e. The zero-order valence-electron chi connectivity index (χ0n) is 16.6. The van der Waals surface area contributed by atoms with Crippen molar-refractivity contribution in [3.8, 4) is 0 Å². The number of imidazole rings is 1. The molecule has 0 bridgehead atoms. The molecule has 0 radical (unpaired) electrons. The summed E-state index contributed by atoms with van der Waals surface area (Å²) in [5.74, 6) is 0.525. The predicted molar refractivity (Wildman–Crippen MR) is 104 cm³/mol. The number of carbonyl (C=O) groups excluding carboxylic acids is 1. The molecule has 1 N–H and O–H groups in total. The Morgan fingerprint density at radius 3 is 2.71 bits per heavy atom. The molecule has 8 nitrogen and oxygen atoms in total. The van der Waals surface area contributed by atoms with E-state index in [-0.39, 0.29) is 17.3 Å². The highest BCUT2D eigenvalue weighted by atomic mass is 19.1. The Bertz CT molecular complexity index is 873. The second-order valence-corrected chi connectivity index (χ2v) is 7.63. The molecule has 0 atom stereocenters. The average Bonchev–Trinajstić information content (AvgIpc) is 3.19. The third-order valence-corrected chi connectivity index (χ3v) is 5.87. The van der Waals surface area contributed by atoms with Crippen LogP contribution in [0.5, 0.6) is 0 Å². The second-order valence-electron chi connectivity index (χ2n) is 7.63. The van der Waals surface area contributed by atoms with Crippen LogP contribution in [0.4, 0.5) is 16.2 Å². The molecule has 0 aliphatic carbocycles. The van der Waals surface area contributed by atoms with Gasteiger partial charge in [-0.1, -0.05) is 6.92 Å². The van der Waals surface area contributed by atoms with Crippen LogP contribution < -0.4 is 9.80 Å². The minimum atomic E-state index is -0.435. The van der Waals surface area contributed by atoms with Crippen LogP contribution in [0.15, 0.2) is 12.5 Å². The monoisotopic (exact) mass is 387 g/mol. The molecule has 2 aliphatic rings. The van der Waals surface area contributed by atoms with Gasteiger partial charge in [0.15, 0.2) is 11.6 Å². The van der Waals surface area contributed by atoms with Crippen molar-refractivity contribution in [3.05, 3.63) is 29.7 Å². The van der Waals surface area contributed by atoms with Crippen molar-refractivity contribution in [2.75, 3.05) is 43.5 Å². The Morgan fingerprint density at radius 1 is 1.29 bits per heavy atom. The topological polar surface area (TPSA) is 81.2 Å². The summed E-state index contributed by atoms with van der Waals surface area (Å²) in [5, 5.41) is 0. The fourth-order valence-corrected chi connectivity index (χ4v) is 4.43. The van der Waals surface area contributed by atoms with Gasteiger partial charge in [0.25, 0.3) is 0 Å². The summed E-state index contributed by atoms with van der Waals surface area (Å²) in [4.78, 5) is 34.8. The number of hydrogen-bond acceptors (Lipinski definition) is 6. The summed E-state index contributed by atoms with van der Waals surface area (Å²) >= 11 is 0. The summed E-state index contributed by atoms with van der Waals surface area (Å²) in [5.41, 5.74) is 1.73. The molecule has 2 aromatic heterocycles. The number of aromatic amines is 1. The molecule has 2 aromatic rings. The van der Waals surface area contributed by atoms with E-state index in [4.69, 9.17) is 0 Å². The Balaban J connectivity index is 1.62. The van der Waals surface area contributed by atoms with Crippen molar-refractivity contribution in [1.82, 2.24) is 24.8 Å². The van der Waals surface area contributed by atoms with Crippen LogP contribution in [-0.2, 0) is 16.8 Å². The minimum absolute atomic E-state index is 0.162. The van der Waals surface area contributed by atoms with E-state index in [1.54, 1.807) is 25.3 Å². The van der Waals surface area contributed by atoms with Gasteiger partial charge in [-0.05, 0) is 12.8 Å². The van der Waals surface area contributed by atoms with Gasteiger partial charge < -0.3 is 19.7 Å². The van der Waals surface area contributed by atoms with Crippen molar-refractivity contribution in [2.45, 2.75) is 38.1 Å². The molecule has 1 amide bonds. The van der Waals surface area contributed by atoms with Crippen LogP contribution in [0.3, 0.4) is 0 Å². The maximum absolute atomic E-state index is 13.9. The first-order valence-corrected chi connectivity index (χ1v) is 9.74. The number of carbonyl (C=O) groups is 1. The lowest BCUT2D eigenvalue weighted by Crippen LogP contribution is -2.58. The fourth-order valence-electron chi connectivity index (χ4n) is 4.43. The van der Waals surface area contributed by atoms with Crippen molar-refractivity contribution >= 4 is 17.7 Å². The summed E-state index contributed by atoms with van der Waals surface area (Å²) < 4.78 is 13.9. The van der Waals surface area contributed by atoms with Gasteiger partial charge >= 0.3 is 0 Å². The molecular formula is C19H26FN7O. The van der Waals surface area contributed by atoms with Gasteiger partial charge in [-0.25, -0.2) is 14.4 Å². The zero-order chi connectivity index (χ0) is 19.9. The fraction of sp³-hybridized carbons (Fsp3) is 0.579. The SMILES string of the molecule is CCC(=O)N1CCc2[nH]cnc2C12CCN(c1ncc(F)c(N(C)C)n1)CC2. The van der Waals surface area contributed by atoms with Crippen LogP contribution in [0.25, 0.3) is 0 Å². The Kier molecular flexibility index (Phi) is 4.68. The first kappa shape index (κ1) is 18.6. The molecule has 1 saturated heterocycles. The number of fused-ring (bicyclic) bond motifs is 2. The average molecular weight is 387 g/mol. The number of aromatic nitrogens is 4. The lowest BCUT2D eigenvalue weighted by Gasteiger charge is -2.50. The largest absolute Gasteiger partial charge is 0.360 e. The molecule has 0 aromatic carbocycles. The minimum Gasteiger partial charge on any atom is -0.360 e. The van der Waals surface area contributed by atoms with Crippen molar-refractivity contribution in [3.63, 3.8) is 0 Å². The quantitative estimate of drug-likeness (QED) is 0.863. The molecular weight excluding hydrogens is 361 g/mol. The van der Waals surface area contributed by atoms with Crippen molar-refractivity contribution in [2.24, 2.45) is 0 Å². The molecule has 28 heavy (non-hydrogen) atoms. The number of halogens is 1. The predicted octanol–water partition coefficient (Wildman–Crippen LogP) is 1.70. The number of nitrogens with one attached hydrogen (secondary N) is 1. The number of rotatable bonds is 3. The molecule has 1 fully saturated rings. The molecule has 4 heterocycles. The second kappa shape index (κ2) is 7.03. The first-order chi connectivity index (χ1) is 13.5. The smallest absolute Gasteiger partial charge is 0.227 e. The lowest BCUT2D eigenvalue weighted by atomic mass is 9.78. The molecule has 0 saturated carbocycles. The van der Waals surface area contributed by atoms with E-state index in [2.05, 4.69) is 24.8 Å². The zero-order valence-corrected chi connectivity index (χ0v) is 16.6. The molecule has 150 valence electrons. The number of anilines is 2. The Labute approximate surface area is 163 Å². The first-order valence-electron chi connectivity index (χ1n) is 9.74. The van der Waals surface area contributed by atoms with Gasteiger partial charge in [0.05, 0.1) is 23.8 Å². The van der Waals surface area contributed by atoms with Crippen LogP contribution in [0.1, 0.15) is 37.6 Å². The highest BCUT2D eigenvalue weighted by molar-refractivity contribution is 5.77. The summed E-state index contributed by atoms with van der Waals surface area (Å²) in [6, 6.07) is 0. The van der Waals surface area contributed by atoms with E-state index < -0.39 is 5.82 Å². The van der Waals surface area contributed by atoms with E-state index in [0.29, 0.717) is 32.0 Å². The van der Waals surface area contributed by atoms with Crippen LogP contribution in [0.2, 0.25) is 0 Å². The molecule has 0 unspecified atom stereocenters. The Hall–Kier alpha value is -2.71. The molecule has 9 heteroatoms. The van der Waals surface area contributed by atoms with Gasteiger partial charge in [0.2, 0.25) is 11.9 Å². The van der Waals surface area contributed by atoms with Crippen molar-refractivity contribution < 1.29 is 9.18 Å². The third kappa shape index (κ3) is 2.89. The van der Waals surface area contributed by atoms with E-state index in [9.17, 15) is 9.18 Å². The molecule has 2 aliphatic heterocycles. The van der Waals surface area contributed by atoms with Crippen LogP contribution in [-0.4, -0.2) is 64.5 Å². The normalized spacial score (nSPS) is 18.3. The van der Waals surface area contributed by atoms with Gasteiger partial charge in [0, 0.05) is 52.3 Å². The van der Waals surface area contributed by atoms with E-state index in [1.807, 2.05) is 11.8 Å². The van der Waals surface area contributed by atoms with Gasteiger partial charge in [-0.3, -0.25) is 4.79 Å². The van der Waals surface area contributed by atoms with E-state index >= 15 is 0 Å². The highest BCUT2D eigenvalue weighted by Crippen LogP contribution is 2.43.